The van der Waals surface area contributed by atoms with E-state index in [4.69, 9.17) is 23.7 Å². The smallest absolute Gasteiger partial charge is 0.303 e. The Kier molecular flexibility index (Phi) is 8.68. The number of nitrogens with zero attached hydrogens (tertiary/aromatic N) is 1. The largest absolute Gasteiger partial charge is 0.463 e. The summed E-state index contributed by atoms with van der Waals surface area (Å²) in [4.78, 5) is 57.0. The first kappa shape index (κ1) is 25.5. The molecule has 1 amide bonds. The number of hydrogen-bond donors (Lipinski definition) is 1. The molecule has 1 aliphatic heterocycles. The maximum atomic E-state index is 11.9. The number of nitro groups is 1. The van der Waals surface area contributed by atoms with Crippen molar-refractivity contribution in [2.24, 2.45) is 0 Å². The Balaban J connectivity index is 2.43. The van der Waals surface area contributed by atoms with Crippen LogP contribution in [-0.4, -0.2) is 66.0 Å². The number of carbonyl (C=O) groups is 4. The predicted octanol–water partition coefficient (Wildman–Crippen LogP) is 0.630. The highest BCUT2D eigenvalue weighted by molar-refractivity contribution is 5.73. The van der Waals surface area contributed by atoms with Gasteiger partial charge >= 0.3 is 17.9 Å². The number of ether oxygens (including phenoxy) is 5. The fourth-order valence-corrected chi connectivity index (χ4v) is 3.17. The number of nitrogens with one attached hydrogen (secondary N) is 1. The summed E-state index contributed by atoms with van der Waals surface area (Å²) >= 11 is 0. The number of rotatable bonds is 8. The minimum atomic E-state index is -1.31. The Bertz CT molecular complexity index is 902. The molecular weight excluding hydrogens is 444 g/mol. The molecule has 5 atom stereocenters. The molecule has 1 fully saturated rings. The molecule has 0 radical (unpaired) electrons. The third kappa shape index (κ3) is 7.42. The van der Waals surface area contributed by atoms with Gasteiger partial charge in [0.2, 0.25) is 12.2 Å². The Hall–Kier alpha value is -3.74. The highest BCUT2D eigenvalue weighted by Crippen LogP contribution is 2.29. The lowest BCUT2D eigenvalue weighted by Crippen LogP contribution is -2.67. The maximum Gasteiger partial charge on any atom is 0.303 e. The fourth-order valence-electron chi connectivity index (χ4n) is 3.17. The molecule has 33 heavy (non-hydrogen) atoms. The van der Waals surface area contributed by atoms with Crippen LogP contribution < -0.4 is 10.1 Å². The summed E-state index contributed by atoms with van der Waals surface area (Å²) in [5.41, 5.74) is -0.175. The van der Waals surface area contributed by atoms with Crippen molar-refractivity contribution in [3.05, 3.63) is 34.4 Å². The van der Waals surface area contributed by atoms with Gasteiger partial charge in [-0.25, -0.2) is 0 Å². The van der Waals surface area contributed by atoms with E-state index in [9.17, 15) is 29.3 Å². The lowest BCUT2D eigenvalue weighted by atomic mass is 9.96. The van der Waals surface area contributed by atoms with Crippen molar-refractivity contribution in [3.8, 4) is 5.75 Å². The molecule has 0 aromatic heterocycles. The van der Waals surface area contributed by atoms with Crippen molar-refractivity contribution < 1.29 is 47.8 Å². The average Bonchev–Trinajstić information content (AvgIpc) is 2.70. The first-order valence-corrected chi connectivity index (χ1v) is 9.79. The van der Waals surface area contributed by atoms with Gasteiger partial charge in [-0.15, -0.1) is 0 Å². The van der Waals surface area contributed by atoms with Crippen LogP contribution in [-0.2, 0) is 38.1 Å². The summed E-state index contributed by atoms with van der Waals surface area (Å²) in [7, 11) is 0. The van der Waals surface area contributed by atoms with Crippen LogP contribution in [0.1, 0.15) is 27.7 Å². The lowest BCUT2D eigenvalue weighted by Gasteiger charge is -2.44. The van der Waals surface area contributed by atoms with Crippen LogP contribution in [0.4, 0.5) is 5.69 Å². The lowest BCUT2D eigenvalue weighted by molar-refractivity contribution is -0.384. The minimum absolute atomic E-state index is 0.139. The Morgan fingerprint density at radius 1 is 0.970 bits per heavy atom. The molecule has 2 rings (SSSR count). The SMILES string of the molecule is CC(=O)N[C@@H]1[C@@H](Oc2ccc([N+](=O)[O-])cc2)O[C@@H](COC(C)=O)[C@H](OC(C)=O)[C@H]1OC(C)=O. The summed E-state index contributed by atoms with van der Waals surface area (Å²) in [5.74, 6) is -2.50. The highest BCUT2D eigenvalue weighted by Gasteiger charge is 2.51. The standard InChI is InChI=1S/C20H24N2O11/c1-10(23)21-17-19(31-13(4)26)18(30-12(3)25)16(9-29-11(2)24)33-20(17)32-15-7-5-14(6-8-15)22(27)28/h5-8,16-20H,9H2,1-4H3,(H,21,23)/t16-,17-,18-,19-,20-/m0/s1. The summed E-state index contributed by atoms with van der Waals surface area (Å²) in [6.07, 6.45) is -4.96. The van der Waals surface area contributed by atoms with Gasteiger partial charge in [0, 0.05) is 39.8 Å². The number of carbonyl (C=O) groups excluding carboxylic acids is 4. The van der Waals surface area contributed by atoms with Crippen molar-refractivity contribution in [2.75, 3.05) is 6.61 Å². The van der Waals surface area contributed by atoms with Crippen LogP contribution in [0.2, 0.25) is 0 Å². The number of esters is 3. The number of hydrogen-bond acceptors (Lipinski definition) is 11. The molecule has 0 spiro atoms. The molecule has 1 saturated heterocycles. The van der Waals surface area contributed by atoms with Crippen LogP contribution in [0.5, 0.6) is 5.75 Å². The third-order valence-electron chi connectivity index (χ3n) is 4.37. The van der Waals surface area contributed by atoms with E-state index in [1.54, 1.807) is 0 Å². The van der Waals surface area contributed by atoms with Gasteiger partial charge in [0.05, 0.1) is 4.92 Å². The molecule has 1 N–H and O–H groups in total. The maximum absolute atomic E-state index is 11.9. The van der Waals surface area contributed by atoms with Gasteiger partial charge in [-0.1, -0.05) is 0 Å². The molecular formula is C20H24N2O11. The highest BCUT2D eigenvalue weighted by atomic mass is 16.7. The summed E-state index contributed by atoms with van der Waals surface area (Å²) in [6, 6.07) is 3.87. The van der Waals surface area contributed by atoms with E-state index in [1.807, 2.05) is 0 Å². The van der Waals surface area contributed by atoms with Crippen molar-refractivity contribution in [2.45, 2.75) is 58.3 Å². The minimum Gasteiger partial charge on any atom is -0.463 e. The van der Waals surface area contributed by atoms with Crippen LogP contribution in [0.3, 0.4) is 0 Å². The zero-order chi connectivity index (χ0) is 24.7. The zero-order valence-corrected chi connectivity index (χ0v) is 18.3. The van der Waals surface area contributed by atoms with Gasteiger partial charge in [0.25, 0.3) is 5.69 Å². The number of benzene rings is 1. The first-order chi connectivity index (χ1) is 15.5. The summed E-state index contributed by atoms with van der Waals surface area (Å²) < 4.78 is 27.2. The number of amides is 1. The molecule has 180 valence electrons. The van der Waals surface area contributed by atoms with Gasteiger partial charge in [-0.3, -0.25) is 29.3 Å². The van der Waals surface area contributed by atoms with Gasteiger partial charge in [0.15, 0.2) is 12.2 Å². The molecule has 1 aromatic rings. The van der Waals surface area contributed by atoms with E-state index in [0.717, 1.165) is 20.8 Å². The van der Waals surface area contributed by atoms with E-state index < -0.39 is 59.4 Å². The predicted molar refractivity (Wildman–Crippen MR) is 108 cm³/mol. The second-order valence-electron chi connectivity index (χ2n) is 7.09. The van der Waals surface area contributed by atoms with E-state index in [1.165, 1.54) is 31.2 Å². The topological polar surface area (TPSA) is 170 Å². The molecule has 0 saturated carbocycles. The quantitative estimate of drug-likeness (QED) is 0.246. The van der Waals surface area contributed by atoms with Gasteiger partial charge in [-0.2, -0.15) is 0 Å². The van der Waals surface area contributed by atoms with Crippen molar-refractivity contribution in [1.29, 1.82) is 0 Å². The molecule has 13 nitrogen and oxygen atoms in total. The van der Waals surface area contributed by atoms with E-state index in [-0.39, 0.29) is 18.0 Å². The fraction of sp³-hybridized carbons (Fsp3) is 0.500. The number of nitro benzene ring substituents is 1. The Morgan fingerprint density at radius 2 is 1.55 bits per heavy atom. The van der Waals surface area contributed by atoms with Crippen LogP contribution in [0, 0.1) is 10.1 Å². The second kappa shape index (κ2) is 11.2. The molecule has 1 heterocycles. The molecule has 0 bridgehead atoms. The molecule has 0 unspecified atom stereocenters. The molecule has 0 aliphatic carbocycles. The van der Waals surface area contributed by atoms with E-state index in [2.05, 4.69) is 5.32 Å². The van der Waals surface area contributed by atoms with E-state index >= 15 is 0 Å². The normalized spacial score (nSPS) is 24.2. The molecule has 13 heteroatoms. The monoisotopic (exact) mass is 468 g/mol. The van der Waals surface area contributed by atoms with Gasteiger partial charge in [0.1, 0.15) is 24.5 Å². The molecule has 1 aliphatic rings. The van der Waals surface area contributed by atoms with Crippen molar-refractivity contribution >= 4 is 29.5 Å². The first-order valence-electron chi connectivity index (χ1n) is 9.79. The van der Waals surface area contributed by atoms with Crippen molar-refractivity contribution in [1.82, 2.24) is 5.32 Å². The van der Waals surface area contributed by atoms with Crippen LogP contribution in [0.15, 0.2) is 24.3 Å². The average molecular weight is 468 g/mol. The summed E-state index contributed by atoms with van der Waals surface area (Å²) in [5, 5.41) is 13.4. The second-order valence-corrected chi connectivity index (χ2v) is 7.09. The van der Waals surface area contributed by atoms with Crippen LogP contribution >= 0.6 is 0 Å². The zero-order valence-electron chi connectivity index (χ0n) is 18.3. The van der Waals surface area contributed by atoms with E-state index in [0.29, 0.717) is 0 Å². The summed E-state index contributed by atoms with van der Waals surface area (Å²) in [6.45, 7) is 4.24. The Morgan fingerprint density at radius 3 is 2.03 bits per heavy atom. The van der Waals surface area contributed by atoms with Crippen LogP contribution in [0.25, 0.3) is 0 Å². The van der Waals surface area contributed by atoms with Crippen molar-refractivity contribution in [3.63, 3.8) is 0 Å². The van der Waals surface area contributed by atoms with Gasteiger partial charge < -0.3 is 29.0 Å². The number of non-ortho nitro benzene ring substituents is 1. The Labute approximate surface area is 188 Å². The molecule has 1 aromatic carbocycles. The van der Waals surface area contributed by atoms with Gasteiger partial charge in [-0.05, 0) is 12.1 Å². The third-order valence-corrected chi connectivity index (χ3v) is 4.37.